The van der Waals surface area contributed by atoms with Gasteiger partial charge in [-0.3, -0.25) is 4.79 Å². The van der Waals surface area contributed by atoms with Crippen LogP contribution < -0.4 is 0 Å². The summed E-state index contributed by atoms with van der Waals surface area (Å²) < 4.78 is 0. The van der Waals surface area contributed by atoms with Gasteiger partial charge in [0.25, 0.3) is 0 Å². The van der Waals surface area contributed by atoms with Crippen molar-refractivity contribution in [3.63, 3.8) is 0 Å². The van der Waals surface area contributed by atoms with Gasteiger partial charge < -0.3 is 0 Å². The van der Waals surface area contributed by atoms with Crippen molar-refractivity contribution in [2.24, 2.45) is 5.41 Å². The fourth-order valence-electron chi connectivity index (χ4n) is 1.86. The maximum atomic E-state index is 11.5. The van der Waals surface area contributed by atoms with Gasteiger partial charge in [0.2, 0.25) is 0 Å². The highest BCUT2D eigenvalue weighted by atomic mass is 16.1. The van der Waals surface area contributed by atoms with E-state index in [2.05, 4.69) is 13.5 Å². The smallest absolute Gasteiger partial charge is 0.143 e. The maximum absolute atomic E-state index is 11.5. The van der Waals surface area contributed by atoms with E-state index in [1.807, 2.05) is 19.9 Å². The summed E-state index contributed by atoms with van der Waals surface area (Å²) in [5.41, 5.74) is 2.14. The molecule has 0 bridgehead atoms. The lowest BCUT2D eigenvalue weighted by Crippen LogP contribution is -2.29. The van der Waals surface area contributed by atoms with E-state index < -0.39 is 0 Å². The predicted molar refractivity (Wildman–Crippen MR) is 50.9 cm³/mol. The average Bonchev–Trinajstić information content (AvgIpc) is 1.98. The Morgan fingerprint density at radius 1 is 1.42 bits per heavy atom. The molecule has 1 rings (SSSR count). The molecule has 0 aromatic heterocycles. The minimum Gasteiger partial charge on any atom is -0.299 e. The van der Waals surface area contributed by atoms with Gasteiger partial charge in [-0.2, -0.15) is 0 Å². The molecule has 0 saturated carbocycles. The summed E-state index contributed by atoms with van der Waals surface area (Å²) >= 11 is 0. The van der Waals surface area contributed by atoms with E-state index in [1.54, 1.807) is 0 Å². The first kappa shape index (κ1) is 9.24. The molecule has 0 radical (unpaired) electrons. The summed E-state index contributed by atoms with van der Waals surface area (Å²) in [6.07, 6.45) is 3.42. The number of rotatable bonds is 1. The van der Waals surface area contributed by atoms with Crippen LogP contribution in [-0.2, 0) is 4.79 Å². The Morgan fingerprint density at radius 3 is 2.42 bits per heavy atom. The van der Waals surface area contributed by atoms with Crippen molar-refractivity contribution < 1.29 is 4.79 Å². The minimum absolute atomic E-state index is 0.302. The van der Waals surface area contributed by atoms with Crippen LogP contribution >= 0.6 is 0 Å². The molecule has 0 atom stereocenters. The summed E-state index contributed by atoms with van der Waals surface area (Å²) in [7, 11) is 0. The molecule has 0 aliphatic heterocycles. The van der Waals surface area contributed by atoms with Crippen molar-refractivity contribution >= 4 is 5.78 Å². The fourth-order valence-corrected chi connectivity index (χ4v) is 1.86. The van der Waals surface area contributed by atoms with Crippen LogP contribution in [0.5, 0.6) is 0 Å². The highest BCUT2D eigenvalue weighted by molar-refractivity contribution is 5.89. The first-order valence-corrected chi connectivity index (χ1v) is 4.36. The van der Waals surface area contributed by atoms with Gasteiger partial charge in [0.05, 0.1) is 0 Å². The van der Waals surface area contributed by atoms with E-state index in [0.29, 0.717) is 12.2 Å². The Balaban J connectivity index is 3.17. The third-order valence-corrected chi connectivity index (χ3v) is 2.76. The third-order valence-electron chi connectivity index (χ3n) is 2.76. The van der Waals surface area contributed by atoms with Crippen molar-refractivity contribution in [1.82, 2.24) is 0 Å². The summed E-state index contributed by atoms with van der Waals surface area (Å²) in [5, 5.41) is 0. The molecule has 0 unspecified atom stereocenters. The van der Waals surface area contributed by atoms with Crippen molar-refractivity contribution in [3.8, 4) is 0 Å². The quantitative estimate of drug-likeness (QED) is 0.582. The second kappa shape index (κ2) is 2.89. The Bertz CT molecular complexity index is 256. The van der Waals surface area contributed by atoms with Gasteiger partial charge in [-0.25, -0.2) is 0 Å². The van der Waals surface area contributed by atoms with Crippen molar-refractivity contribution in [2.45, 2.75) is 33.6 Å². The Morgan fingerprint density at radius 2 is 2.00 bits per heavy atom. The lowest BCUT2D eigenvalue weighted by molar-refractivity contribution is -0.125. The molecular formula is C11H16O. The van der Waals surface area contributed by atoms with Crippen molar-refractivity contribution in [2.75, 3.05) is 0 Å². The molecule has 0 aromatic carbocycles. The topological polar surface area (TPSA) is 17.1 Å². The highest BCUT2D eigenvalue weighted by Crippen LogP contribution is 2.37. The van der Waals surface area contributed by atoms with Gasteiger partial charge >= 0.3 is 0 Å². The van der Waals surface area contributed by atoms with E-state index in [4.69, 9.17) is 0 Å². The molecule has 1 nitrogen and oxygen atoms in total. The lowest BCUT2D eigenvalue weighted by Gasteiger charge is -2.31. The Labute approximate surface area is 74.2 Å². The van der Waals surface area contributed by atoms with Crippen LogP contribution in [0.3, 0.4) is 0 Å². The zero-order chi connectivity index (χ0) is 9.35. The second-order valence-electron chi connectivity index (χ2n) is 3.95. The number of carbonyl (C=O) groups excluding carboxylic acids is 1. The fraction of sp³-hybridized carbons (Fsp3) is 0.545. The zero-order valence-electron chi connectivity index (χ0n) is 8.11. The first-order valence-electron chi connectivity index (χ1n) is 4.36. The van der Waals surface area contributed by atoms with E-state index in [-0.39, 0.29) is 5.41 Å². The molecule has 0 saturated heterocycles. The molecule has 0 N–H and O–H groups in total. The monoisotopic (exact) mass is 164 g/mol. The van der Waals surface area contributed by atoms with E-state index in [9.17, 15) is 4.79 Å². The number of Topliss-reactive ketones (excluding diaryl/α,β-unsaturated/α-hetero) is 1. The number of allylic oxidation sites excluding steroid dienone is 3. The van der Waals surface area contributed by atoms with Crippen LogP contribution in [-0.4, -0.2) is 5.78 Å². The molecule has 1 aliphatic carbocycles. The van der Waals surface area contributed by atoms with Crippen LogP contribution in [0.15, 0.2) is 23.8 Å². The molecule has 12 heavy (non-hydrogen) atoms. The van der Waals surface area contributed by atoms with E-state index >= 15 is 0 Å². The molecule has 0 fully saturated rings. The average molecular weight is 164 g/mol. The summed E-state index contributed by atoms with van der Waals surface area (Å²) in [5.74, 6) is 0.336. The minimum atomic E-state index is -0.302. The van der Waals surface area contributed by atoms with Gasteiger partial charge in [0.15, 0.2) is 0 Å². The summed E-state index contributed by atoms with van der Waals surface area (Å²) in [4.78, 5) is 11.5. The SMILES string of the molecule is C=CC1=C(C)CCC(=O)C1(C)C. The Kier molecular flexibility index (Phi) is 2.22. The van der Waals surface area contributed by atoms with Crippen LogP contribution in [0.1, 0.15) is 33.6 Å². The normalized spacial score (nSPS) is 22.8. The molecule has 0 amide bonds. The Hall–Kier alpha value is -0.850. The molecule has 0 spiro atoms. The molecule has 1 aliphatic rings. The summed E-state index contributed by atoms with van der Waals surface area (Å²) in [6, 6.07) is 0. The molecule has 0 aromatic rings. The maximum Gasteiger partial charge on any atom is 0.143 e. The number of hydrogen-bond acceptors (Lipinski definition) is 1. The molecular weight excluding hydrogens is 148 g/mol. The highest BCUT2D eigenvalue weighted by Gasteiger charge is 2.34. The number of hydrogen-bond donors (Lipinski definition) is 0. The van der Waals surface area contributed by atoms with Crippen molar-refractivity contribution in [1.29, 1.82) is 0 Å². The first-order chi connectivity index (χ1) is 5.50. The number of carbonyl (C=O) groups is 1. The van der Waals surface area contributed by atoms with Gasteiger partial charge in [-0.05, 0) is 32.8 Å². The zero-order valence-corrected chi connectivity index (χ0v) is 8.11. The van der Waals surface area contributed by atoms with Crippen molar-refractivity contribution in [3.05, 3.63) is 23.8 Å². The van der Waals surface area contributed by atoms with Crippen LogP contribution in [0.4, 0.5) is 0 Å². The van der Waals surface area contributed by atoms with Gasteiger partial charge in [0, 0.05) is 11.8 Å². The molecule has 0 heterocycles. The van der Waals surface area contributed by atoms with Gasteiger partial charge in [-0.1, -0.05) is 18.2 Å². The molecule has 1 heteroatoms. The molecule has 66 valence electrons. The lowest BCUT2D eigenvalue weighted by atomic mass is 9.72. The number of ketones is 1. The van der Waals surface area contributed by atoms with E-state index in [1.165, 1.54) is 5.57 Å². The van der Waals surface area contributed by atoms with Crippen LogP contribution in [0, 0.1) is 5.41 Å². The third kappa shape index (κ3) is 1.24. The standard InChI is InChI=1S/C11H16O/c1-5-9-8(2)6-7-10(12)11(9,3)4/h5H,1,6-7H2,2-4H3. The van der Waals surface area contributed by atoms with Gasteiger partial charge in [0.1, 0.15) is 5.78 Å². The van der Waals surface area contributed by atoms with E-state index in [0.717, 1.165) is 12.0 Å². The van der Waals surface area contributed by atoms with Gasteiger partial charge in [-0.15, -0.1) is 0 Å². The second-order valence-corrected chi connectivity index (χ2v) is 3.95. The largest absolute Gasteiger partial charge is 0.299 e. The predicted octanol–water partition coefficient (Wildman–Crippen LogP) is 2.88. The summed E-state index contributed by atoms with van der Waals surface area (Å²) in [6.45, 7) is 9.81. The van der Waals surface area contributed by atoms with Crippen LogP contribution in [0.25, 0.3) is 0 Å². The van der Waals surface area contributed by atoms with Crippen LogP contribution in [0.2, 0.25) is 0 Å².